The molecule has 8 heteroatoms. The molecule has 6 nitrogen and oxygen atoms in total. The summed E-state index contributed by atoms with van der Waals surface area (Å²) in [6.45, 7) is 8.40. The van der Waals surface area contributed by atoms with E-state index in [4.69, 9.17) is 16.3 Å². The standard InChI is InChI=1S/C26H29ClN2O4S/c1-17(2)21-7-5-6-8-24(21)33-14-13-28-26(30)20-11-12-22(27)25(16-20)34(31,32)29-23-15-18(3)9-10-19(23)4/h5-12,15-17,29H,13-14H2,1-4H3,(H,28,30). The number of sulfonamides is 1. The van der Waals surface area contributed by atoms with Crippen LogP contribution in [-0.2, 0) is 10.0 Å². The van der Waals surface area contributed by atoms with Crippen LogP contribution in [-0.4, -0.2) is 27.5 Å². The minimum Gasteiger partial charge on any atom is -0.491 e. The third kappa shape index (κ3) is 6.30. The fourth-order valence-corrected chi connectivity index (χ4v) is 5.06. The van der Waals surface area contributed by atoms with E-state index in [-0.39, 0.29) is 28.6 Å². The SMILES string of the molecule is Cc1ccc(C)c(NS(=O)(=O)c2cc(C(=O)NCCOc3ccccc3C(C)C)ccc2Cl)c1. The molecule has 0 unspecified atom stereocenters. The summed E-state index contributed by atoms with van der Waals surface area (Å²) in [6.07, 6.45) is 0. The number of aryl methyl sites for hydroxylation is 2. The van der Waals surface area contributed by atoms with E-state index in [0.29, 0.717) is 11.6 Å². The number of halogens is 1. The van der Waals surface area contributed by atoms with Crippen LogP contribution in [0.15, 0.2) is 65.6 Å². The summed E-state index contributed by atoms with van der Waals surface area (Å²) >= 11 is 6.19. The van der Waals surface area contributed by atoms with Crippen molar-refractivity contribution in [1.29, 1.82) is 0 Å². The van der Waals surface area contributed by atoms with Crippen LogP contribution < -0.4 is 14.8 Å². The van der Waals surface area contributed by atoms with E-state index in [2.05, 4.69) is 23.9 Å². The van der Waals surface area contributed by atoms with Crippen LogP contribution in [0, 0.1) is 13.8 Å². The Morgan fingerprint density at radius 1 is 1.03 bits per heavy atom. The van der Waals surface area contributed by atoms with Gasteiger partial charge < -0.3 is 10.1 Å². The van der Waals surface area contributed by atoms with Gasteiger partial charge in [-0.3, -0.25) is 9.52 Å². The van der Waals surface area contributed by atoms with Gasteiger partial charge in [0.05, 0.1) is 17.3 Å². The van der Waals surface area contributed by atoms with Crippen LogP contribution in [0.25, 0.3) is 0 Å². The molecule has 0 aromatic heterocycles. The number of carbonyl (C=O) groups excluding carboxylic acids is 1. The Morgan fingerprint density at radius 2 is 1.76 bits per heavy atom. The summed E-state index contributed by atoms with van der Waals surface area (Å²) in [5.41, 5.74) is 3.44. The van der Waals surface area contributed by atoms with Crippen molar-refractivity contribution in [2.24, 2.45) is 0 Å². The van der Waals surface area contributed by atoms with Crippen LogP contribution in [0.2, 0.25) is 5.02 Å². The van der Waals surface area contributed by atoms with Crippen LogP contribution in [0.4, 0.5) is 5.69 Å². The largest absolute Gasteiger partial charge is 0.491 e. The number of ether oxygens (including phenoxy) is 1. The second kappa shape index (κ2) is 10.9. The van der Waals surface area contributed by atoms with Crippen LogP contribution >= 0.6 is 11.6 Å². The number of nitrogens with one attached hydrogen (secondary N) is 2. The van der Waals surface area contributed by atoms with Gasteiger partial charge in [-0.05, 0) is 66.8 Å². The number of anilines is 1. The Labute approximate surface area is 206 Å². The normalized spacial score (nSPS) is 11.4. The molecule has 0 saturated heterocycles. The fourth-order valence-electron chi connectivity index (χ4n) is 3.41. The maximum atomic E-state index is 13.0. The second-order valence-electron chi connectivity index (χ2n) is 8.37. The molecule has 2 N–H and O–H groups in total. The van der Waals surface area contributed by atoms with Gasteiger partial charge in [0.1, 0.15) is 17.3 Å². The first-order valence-electron chi connectivity index (χ1n) is 11.0. The topological polar surface area (TPSA) is 84.5 Å². The number of amides is 1. The van der Waals surface area contributed by atoms with Crippen molar-refractivity contribution >= 4 is 33.2 Å². The fraction of sp³-hybridized carbons (Fsp3) is 0.269. The van der Waals surface area contributed by atoms with Gasteiger partial charge in [-0.25, -0.2) is 8.42 Å². The van der Waals surface area contributed by atoms with E-state index in [1.807, 2.05) is 50.2 Å². The van der Waals surface area contributed by atoms with Crippen molar-refractivity contribution in [3.05, 3.63) is 87.9 Å². The number of rotatable bonds is 9. The summed E-state index contributed by atoms with van der Waals surface area (Å²) in [5, 5.41) is 2.79. The minimum atomic E-state index is -4.00. The Morgan fingerprint density at radius 3 is 2.50 bits per heavy atom. The average Bonchev–Trinajstić information content (AvgIpc) is 2.79. The predicted molar refractivity (Wildman–Crippen MR) is 137 cm³/mol. The van der Waals surface area contributed by atoms with E-state index < -0.39 is 15.9 Å². The van der Waals surface area contributed by atoms with Gasteiger partial charge in [0.25, 0.3) is 15.9 Å². The summed E-state index contributed by atoms with van der Waals surface area (Å²) in [7, 11) is -4.00. The number of benzene rings is 3. The molecule has 0 saturated carbocycles. The molecule has 180 valence electrons. The van der Waals surface area contributed by atoms with Crippen LogP contribution in [0.1, 0.15) is 46.8 Å². The molecule has 0 heterocycles. The van der Waals surface area contributed by atoms with Crippen molar-refractivity contribution in [1.82, 2.24) is 5.32 Å². The molecule has 3 rings (SSSR count). The Balaban J connectivity index is 1.68. The van der Waals surface area contributed by atoms with Gasteiger partial charge >= 0.3 is 0 Å². The molecule has 3 aromatic carbocycles. The summed E-state index contributed by atoms with van der Waals surface area (Å²) in [5.74, 6) is 0.683. The molecule has 0 atom stereocenters. The van der Waals surface area contributed by atoms with E-state index in [9.17, 15) is 13.2 Å². The molecule has 1 amide bonds. The lowest BCUT2D eigenvalue weighted by atomic mass is 10.0. The molecule has 0 spiro atoms. The van der Waals surface area contributed by atoms with Gasteiger partial charge in [0, 0.05) is 5.56 Å². The van der Waals surface area contributed by atoms with Crippen molar-refractivity contribution in [2.75, 3.05) is 17.9 Å². The van der Waals surface area contributed by atoms with Crippen molar-refractivity contribution in [3.8, 4) is 5.75 Å². The maximum Gasteiger partial charge on any atom is 0.263 e. The highest BCUT2D eigenvalue weighted by molar-refractivity contribution is 7.92. The number of hydrogen-bond donors (Lipinski definition) is 2. The number of para-hydroxylation sites is 1. The molecule has 0 bridgehead atoms. The first kappa shape index (κ1) is 25.6. The Hall–Kier alpha value is -3.03. The third-order valence-corrected chi connectivity index (χ3v) is 7.15. The lowest BCUT2D eigenvalue weighted by Crippen LogP contribution is -2.28. The molecule has 3 aromatic rings. The molecule has 0 aliphatic heterocycles. The van der Waals surface area contributed by atoms with Crippen molar-refractivity contribution in [3.63, 3.8) is 0 Å². The zero-order valence-corrected chi connectivity index (χ0v) is 21.3. The summed E-state index contributed by atoms with van der Waals surface area (Å²) in [4.78, 5) is 12.5. The quantitative estimate of drug-likeness (QED) is 0.370. The number of hydrogen-bond acceptors (Lipinski definition) is 4. The van der Waals surface area contributed by atoms with E-state index in [1.165, 1.54) is 18.2 Å². The van der Waals surface area contributed by atoms with Crippen molar-refractivity contribution in [2.45, 2.75) is 38.5 Å². The first-order chi connectivity index (χ1) is 16.1. The van der Waals surface area contributed by atoms with E-state index >= 15 is 0 Å². The zero-order valence-electron chi connectivity index (χ0n) is 19.7. The van der Waals surface area contributed by atoms with Crippen LogP contribution in [0.5, 0.6) is 5.75 Å². The lowest BCUT2D eigenvalue weighted by Gasteiger charge is -2.15. The average molecular weight is 501 g/mol. The Kier molecular flexibility index (Phi) is 8.23. The van der Waals surface area contributed by atoms with E-state index in [0.717, 1.165) is 22.4 Å². The number of carbonyl (C=O) groups is 1. The summed E-state index contributed by atoms with van der Waals surface area (Å²) in [6, 6.07) is 17.4. The smallest absolute Gasteiger partial charge is 0.263 e. The van der Waals surface area contributed by atoms with Gasteiger partial charge in [-0.2, -0.15) is 0 Å². The van der Waals surface area contributed by atoms with Gasteiger partial charge in [0.15, 0.2) is 0 Å². The van der Waals surface area contributed by atoms with E-state index in [1.54, 1.807) is 6.07 Å². The highest BCUT2D eigenvalue weighted by Gasteiger charge is 2.21. The lowest BCUT2D eigenvalue weighted by molar-refractivity contribution is 0.0946. The second-order valence-corrected chi connectivity index (χ2v) is 10.4. The molecular formula is C26H29ClN2O4S. The van der Waals surface area contributed by atoms with Gasteiger partial charge in [-0.15, -0.1) is 0 Å². The maximum absolute atomic E-state index is 13.0. The Bertz CT molecular complexity index is 1290. The molecule has 0 fully saturated rings. The molecule has 0 aliphatic rings. The first-order valence-corrected chi connectivity index (χ1v) is 12.8. The molecule has 34 heavy (non-hydrogen) atoms. The highest BCUT2D eigenvalue weighted by Crippen LogP contribution is 2.27. The zero-order chi connectivity index (χ0) is 24.9. The summed E-state index contributed by atoms with van der Waals surface area (Å²) < 4.78 is 34.4. The molecular weight excluding hydrogens is 472 g/mol. The minimum absolute atomic E-state index is 0.0305. The molecule has 0 aliphatic carbocycles. The van der Waals surface area contributed by atoms with Gasteiger partial charge in [-0.1, -0.05) is 55.8 Å². The highest BCUT2D eigenvalue weighted by atomic mass is 35.5. The predicted octanol–water partition coefficient (Wildman–Crippen LogP) is 5.69. The van der Waals surface area contributed by atoms with Gasteiger partial charge in [0.2, 0.25) is 0 Å². The van der Waals surface area contributed by atoms with Crippen LogP contribution in [0.3, 0.4) is 0 Å². The molecule has 0 radical (unpaired) electrons. The third-order valence-electron chi connectivity index (χ3n) is 5.31. The van der Waals surface area contributed by atoms with Crippen molar-refractivity contribution < 1.29 is 17.9 Å². The monoisotopic (exact) mass is 500 g/mol.